The molecule has 1 aromatic heterocycles. The Morgan fingerprint density at radius 3 is 2.79 bits per heavy atom. The van der Waals surface area contributed by atoms with Crippen LogP contribution < -0.4 is 10.4 Å². The van der Waals surface area contributed by atoms with Crippen molar-refractivity contribution in [2.24, 2.45) is 0 Å². The normalized spacial score (nSPS) is 11.9. The third-order valence-corrected chi connectivity index (χ3v) is 3.77. The van der Waals surface area contributed by atoms with Crippen molar-refractivity contribution in [3.05, 3.63) is 23.9 Å². The zero-order chi connectivity index (χ0) is 14.3. The standard InChI is InChI=1S/C12H16N2O3S2/c1-18-7-5-9(12(16)17)14-10(15)8-4-3-6-13-11(8)19-2/h3-4,6,9H,5,7H2,1-2H3,(H,14,15)(H,16,17)/p-1/t9-/m0/s1. The van der Waals surface area contributed by atoms with E-state index in [0.29, 0.717) is 22.8 Å². The van der Waals surface area contributed by atoms with Gasteiger partial charge in [0.2, 0.25) is 0 Å². The third kappa shape index (κ3) is 4.76. The summed E-state index contributed by atoms with van der Waals surface area (Å²) in [6.07, 6.45) is 5.61. The van der Waals surface area contributed by atoms with Gasteiger partial charge in [-0.05, 0) is 36.8 Å². The summed E-state index contributed by atoms with van der Waals surface area (Å²) in [7, 11) is 0. The number of aliphatic carboxylic acids is 1. The van der Waals surface area contributed by atoms with Gasteiger partial charge in [0, 0.05) is 6.20 Å². The summed E-state index contributed by atoms with van der Waals surface area (Å²) in [5, 5.41) is 14.0. The molecule has 0 bridgehead atoms. The molecule has 7 heteroatoms. The molecule has 1 aromatic rings. The number of rotatable bonds is 7. The SMILES string of the molecule is CSCC[C@H](NC(=O)c1cccnc1SC)C(=O)[O-]. The van der Waals surface area contributed by atoms with E-state index in [-0.39, 0.29) is 0 Å². The summed E-state index contributed by atoms with van der Waals surface area (Å²) >= 11 is 2.86. The molecule has 0 radical (unpaired) electrons. The number of nitrogens with zero attached hydrogens (tertiary/aromatic N) is 1. The molecule has 19 heavy (non-hydrogen) atoms. The largest absolute Gasteiger partial charge is 0.548 e. The Morgan fingerprint density at radius 1 is 1.47 bits per heavy atom. The van der Waals surface area contributed by atoms with Crippen molar-refractivity contribution in [3.8, 4) is 0 Å². The number of hydrogen-bond acceptors (Lipinski definition) is 6. The number of thioether (sulfide) groups is 2. The molecule has 0 aliphatic rings. The minimum Gasteiger partial charge on any atom is -0.548 e. The molecule has 0 fully saturated rings. The highest BCUT2D eigenvalue weighted by atomic mass is 32.2. The molecule has 0 saturated carbocycles. The first-order valence-corrected chi connectivity index (χ1v) is 8.21. The Balaban J connectivity index is 2.78. The molecular weight excluding hydrogens is 284 g/mol. The van der Waals surface area contributed by atoms with E-state index in [1.807, 2.05) is 12.5 Å². The number of carbonyl (C=O) groups excluding carboxylic acids is 2. The number of amides is 1. The summed E-state index contributed by atoms with van der Waals surface area (Å²) in [6, 6.07) is 2.29. The number of carboxylic acid groups (broad SMARTS) is 1. The minimum absolute atomic E-state index is 0.337. The number of aromatic nitrogens is 1. The van der Waals surface area contributed by atoms with Crippen LogP contribution in [0.25, 0.3) is 0 Å². The fourth-order valence-electron chi connectivity index (χ4n) is 1.45. The van der Waals surface area contributed by atoms with Crippen LogP contribution in [0.1, 0.15) is 16.8 Å². The van der Waals surface area contributed by atoms with E-state index < -0.39 is 17.9 Å². The average Bonchev–Trinajstić information content (AvgIpc) is 2.42. The molecule has 0 unspecified atom stereocenters. The maximum atomic E-state index is 12.0. The van der Waals surface area contributed by atoms with Gasteiger partial charge in [-0.3, -0.25) is 4.79 Å². The fourth-order valence-corrected chi connectivity index (χ4v) is 2.47. The quantitative estimate of drug-likeness (QED) is 0.734. The van der Waals surface area contributed by atoms with Crippen molar-refractivity contribution in [1.82, 2.24) is 10.3 Å². The molecule has 0 aromatic carbocycles. The van der Waals surface area contributed by atoms with E-state index in [1.54, 1.807) is 18.3 Å². The maximum absolute atomic E-state index is 12.0. The number of carbonyl (C=O) groups is 2. The predicted molar refractivity (Wildman–Crippen MR) is 75.3 cm³/mol. The highest BCUT2D eigenvalue weighted by molar-refractivity contribution is 7.98. The smallest absolute Gasteiger partial charge is 0.254 e. The van der Waals surface area contributed by atoms with Crippen molar-refractivity contribution in [3.63, 3.8) is 0 Å². The summed E-state index contributed by atoms with van der Waals surface area (Å²) in [6.45, 7) is 0. The van der Waals surface area contributed by atoms with Crippen LogP contribution in [-0.2, 0) is 4.79 Å². The first-order chi connectivity index (χ1) is 9.10. The van der Waals surface area contributed by atoms with Crippen molar-refractivity contribution < 1.29 is 14.7 Å². The summed E-state index contributed by atoms with van der Waals surface area (Å²) < 4.78 is 0. The number of carboxylic acids is 1. The lowest BCUT2D eigenvalue weighted by molar-refractivity contribution is -0.308. The summed E-state index contributed by atoms with van der Waals surface area (Å²) in [5.74, 6) is -1.06. The first-order valence-electron chi connectivity index (χ1n) is 5.59. The van der Waals surface area contributed by atoms with Gasteiger partial charge in [0.05, 0.1) is 17.6 Å². The van der Waals surface area contributed by atoms with Crippen LogP contribution in [0, 0.1) is 0 Å². The minimum atomic E-state index is -1.27. The van der Waals surface area contributed by atoms with Gasteiger partial charge < -0.3 is 15.2 Å². The lowest BCUT2D eigenvalue weighted by Gasteiger charge is -2.19. The third-order valence-electron chi connectivity index (χ3n) is 2.41. The Kier molecular flexibility index (Phi) is 6.72. The molecule has 0 aliphatic heterocycles. The maximum Gasteiger partial charge on any atom is 0.254 e. The molecule has 5 nitrogen and oxygen atoms in total. The Morgan fingerprint density at radius 2 is 2.21 bits per heavy atom. The number of hydrogen-bond donors (Lipinski definition) is 1. The highest BCUT2D eigenvalue weighted by Gasteiger charge is 2.17. The van der Waals surface area contributed by atoms with Gasteiger partial charge in [-0.2, -0.15) is 11.8 Å². The van der Waals surface area contributed by atoms with Crippen LogP contribution in [0.3, 0.4) is 0 Å². The van der Waals surface area contributed by atoms with Gasteiger partial charge in [-0.1, -0.05) is 0 Å². The van der Waals surface area contributed by atoms with E-state index in [0.717, 1.165) is 0 Å². The zero-order valence-corrected chi connectivity index (χ0v) is 12.3. The molecule has 104 valence electrons. The van der Waals surface area contributed by atoms with Crippen molar-refractivity contribution in [1.29, 1.82) is 0 Å². The van der Waals surface area contributed by atoms with E-state index >= 15 is 0 Å². The first kappa shape index (κ1) is 15.8. The molecule has 1 N–H and O–H groups in total. The lowest BCUT2D eigenvalue weighted by atomic mass is 10.2. The van der Waals surface area contributed by atoms with Gasteiger partial charge in [0.15, 0.2) is 0 Å². The molecule has 0 aliphatic carbocycles. The second-order valence-electron chi connectivity index (χ2n) is 3.69. The Labute approximate surface area is 120 Å². The van der Waals surface area contributed by atoms with Gasteiger partial charge in [-0.25, -0.2) is 4.98 Å². The van der Waals surface area contributed by atoms with Gasteiger partial charge in [0.1, 0.15) is 5.03 Å². The van der Waals surface area contributed by atoms with Gasteiger partial charge in [-0.15, -0.1) is 11.8 Å². The van der Waals surface area contributed by atoms with Gasteiger partial charge in [0.25, 0.3) is 5.91 Å². The van der Waals surface area contributed by atoms with E-state index in [9.17, 15) is 14.7 Å². The van der Waals surface area contributed by atoms with Crippen LogP contribution in [0.2, 0.25) is 0 Å². The molecule has 0 spiro atoms. The van der Waals surface area contributed by atoms with E-state index in [4.69, 9.17) is 0 Å². The van der Waals surface area contributed by atoms with Crippen LogP contribution in [-0.4, -0.2) is 41.2 Å². The second kappa shape index (κ2) is 8.06. The number of pyridine rings is 1. The Bertz CT molecular complexity index is 454. The van der Waals surface area contributed by atoms with Crippen molar-refractivity contribution >= 4 is 35.4 Å². The monoisotopic (exact) mass is 299 g/mol. The van der Waals surface area contributed by atoms with Crippen molar-refractivity contribution in [2.45, 2.75) is 17.5 Å². The second-order valence-corrected chi connectivity index (χ2v) is 5.47. The zero-order valence-electron chi connectivity index (χ0n) is 10.7. The molecule has 1 amide bonds. The van der Waals surface area contributed by atoms with Gasteiger partial charge >= 0.3 is 0 Å². The van der Waals surface area contributed by atoms with E-state index in [2.05, 4.69) is 10.3 Å². The predicted octanol–water partition coefficient (Wildman–Crippen LogP) is 0.405. The summed E-state index contributed by atoms with van der Waals surface area (Å²) in [5.41, 5.74) is 0.380. The van der Waals surface area contributed by atoms with E-state index in [1.165, 1.54) is 23.5 Å². The molecule has 1 atom stereocenters. The van der Waals surface area contributed by atoms with Crippen LogP contribution in [0.4, 0.5) is 0 Å². The van der Waals surface area contributed by atoms with Crippen LogP contribution in [0.5, 0.6) is 0 Å². The highest BCUT2D eigenvalue weighted by Crippen LogP contribution is 2.16. The summed E-state index contributed by atoms with van der Waals surface area (Å²) in [4.78, 5) is 27.1. The topological polar surface area (TPSA) is 82.1 Å². The van der Waals surface area contributed by atoms with Crippen LogP contribution >= 0.6 is 23.5 Å². The molecule has 0 saturated heterocycles. The fraction of sp³-hybridized carbons (Fsp3) is 0.417. The number of nitrogens with one attached hydrogen (secondary N) is 1. The Hall–Kier alpha value is -1.21. The molecular formula is C12H15N2O3S2-. The lowest BCUT2D eigenvalue weighted by Crippen LogP contribution is -2.48. The van der Waals surface area contributed by atoms with Crippen molar-refractivity contribution in [2.75, 3.05) is 18.3 Å². The molecule has 1 rings (SSSR count). The van der Waals surface area contributed by atoms with Crippen LogP contribution in [0.15, 0.2) is 23.4 Å². The average molecular weight is 299 g/mol. The molecule has 1 heterocycles.